The Labute approximate surface area is 124 Å². The van der Waals surface area contributed by atoms with Crippen LogP contribution in [0, 0.1) is 5.41 Å². The molecule has 1 aromatic rings. The van der Waals surface area contributed by atoms with Gasteiger partial charge in [-0.3, -0.25) is 4.79 Å². The monoisotopic (exact) mass is 288 g/mol. The van der Waals surface area contributed by atoms with Crippen LogP contribution in [0.2, 0.25) is 0 Å². The summed E-state index contributed by atoms with van der Waals surface area (Å²) < 4.78 is 4.89. The lowest BCUT2D eigenvalue weighted by atomic mass is 9.80. The number of allylic oxidation sites excluding steroid dienone is 1. The third-order valence-corrected chi connectivity index (χ3v) is 3.94. The number of carbonyl (C=O) groups excluding carboxylic acids is 1. The van der Waals surface area contributed by atoms with E-state index in [-0.39, 0.29) is 5.97 Å². The standard InChI is InChI=1S/C17H20O4/c1-2-21-15(18)10-14-8-9-17(12-14,16(19)20)11-13-6-4-3-5-7-13/h3-7,10H,2,8-9,11-12H2,1H3,(H,19,20). The van der Waals surface area contributed by atoms with E-state index < -0.39 is 11.4 Å². The Morgan fingerprint density at radius 3 is 2.67 bits per heavy atom. The van der Waals surface area contributed by atoms with Crippen LogP contribution in [0.5, 0.6) is 0 Å². The van der Waals surface area contributed by atoms with Gasteiger partial charge in [0.15, 0.2) is 0 Å². The van der Waals surface area contributed by atoms with Crippen LogP contribution < -0.4 is 0 Å². The molecule has 112 valence electrons. The van der Waals surface area contributed by atoms with Crippen LogP contribution in [0.4, 0.5) is 0 Å². The van der Waals surface area contributed by atoms with Crippen molar-refractivity contribution < 1.29 is 19.4 Å². The summed E-state index contributed by atoms with van der Waals surface area (Å²) in [5.74, 6) is -1.17. The van der Waals surface area contributed by atoms with Gasteiger partial charge in [-0.1, -0.05) is 35.9 Å². The molecule has 1 aliphatic rings. The van der Waals surface area contributed by atoms with Gasteiger partial charge in [0.05, 0.1) is 12.0 Å². The number of carboxylic acid groups (broad SMARTS) is 1. The highest BCUT2D eigenvalue weighted by molar-refractivity contribution is 5.84. The molecule has 0 aliphatic heterocycles. The summed E-state index contributed by atoms with van der Waals surface area (Å²) in [6.07, 6.45) is 3.55. The lowest BCUT2D eigenvalue weighted by molar-refractivity contribution is -0.148. The summed E-state index contributed by atoms with van der Waals surface area (Å²) in [7, 11) is 0. The molecule has 2 rings (SSSR count). The van der Waals surface area contributed by atoms with Gasteiger partial charge in [-0.15, -0.1) is 0 Å². The summed E-state index contributed by atoms with van der Waals surface area (Å²) in [5.41, 5.74) is 1.07. The summed E-state index contributed by atoms with van der Waals surface area (Å²) in [6, 6.07) is 9.62. The van der Waals surface area contributed by atoms with E-state index in [1.54, 1.807) is 6.92 Å². The Bertz CT molecular complexity index is 547. The first-order chi connectivity index (χ1) is 10.1. The maximum Gasteiger partial charge on any atom is 0.330 e. The number of esters is 1. The van der Waals surface area contributed by atoms with E-state index in [2.05, 4.69) is 0 Å². The number of benzene rings is 1. The summed E-state index contributed by atoms with van der Waals surface area (Å²) in [6.45, 7) is 2.08. The maximum atomic E-state index is 11.7. The molecule has 0 spiro atoms. The molecule has 0 radical (unpaired) electrons. The molecular weight excluding hydrogens is 268 g/mol. The van der Waals surface area contributed by atoms with Gasteiger partial charge in [-0.05, 0) is 38.2 Å². The molecule has 0 bridgehead atoms. The molecule has 1 aliphatic carbocycles. The van der Waals surface area contributed by atoms with Gasteiger partial charge in [0, 0.05) is 6.08 Å². The highest BCUT2D eigenvalue weighted by Gasteiger charge is 2.43. The van der Waals surface area contributed by atoms with Crippen molar-refractivity contribution in [2.24, 2.45) is 5.41 Å². The Hall–Kier alpha value is -2.10. The number of carbonyl (C=O) groups is 2. The van der Waals surface area contributed by atoms with E-state index in [0.29, 0.717) is 32.3 Å². The topological polar surface area (TPSA) is 63.6 Å². The fraction of sp³-hybridized carbons (Fsp3) is 0.412. The predicted molar refractivity (Wildman–Crippen MR) is 78.8 cm³/mol. The second kappa shape index (κ2) is 6.57. The quantitative estimate of drug-likeness (QED) is 0.668. The van der Waals surface area contributed by atoms with Crippen molar-refractivity contribution in [3.05, 3.63) is 47.5 Å². The molecule has 1 N–H and O–H groups in total. The lowest BCUT2D eigenvalue weighted by Crippen LogP contribution is -2.30. The van der Waals surface area contributed by atoms with Crippen LogP contribution in [-0.2, 0) is 20.7 Å². The highest BCUT2D eigenvalue weighted by Crippen LogP contribution is 2.44. The minimum atomic E-state index is -0.806. The first-order valence-corrected chi connectivity index (χ1v) is 7.19. The molecule has 4 heteroatoms. The van der Waals surface area contributed by atoms with Gasteiger partial charge in [-0.2, -0.15) is 0 Å². The lowest BCUT2D eigenvalue weighted by Gasteiger charge is -2.23. The number of aliphatic carboxylic acids is 1. The number of hydrogen-bond acceptors (Lipinski definition) is 3. The molecule has 1 saturated carbocycles. The zero-order valence-corrected chi connectivity index (χ0v) is 12.2. The van der Waals surface area contributed by atoms with E-state index >= 15 is 0 Å². The molecule has 0 saturated heterocycles. The maximum absolute atomic E-state index is 11.7. The van der Waals surface area contributed by atoms with Crippen LogP contribution in [-0.4, -0.2) is 23.7 Å². The molecule has 1 aromatic carbocycles. The molecule has 1 atom stereocenters. The summed E-state index contributed by atoms with van der Waals surface area (Å²) in [4.78, 5) is 23.2. The van der Waals surface area contributed by atoms with E-state index in [4.69, 9.17) is 4.74 Å². The van der Waals surface area contributed by atoms with Gasteiger partial charge in [0.1, 0.15) is 0 Å². The third-order valence-electron chi connectivity index (χ3n) is 3.94. The van der Waals surface area contributed by atoms with Crippen LogP contribution in [0.1, 0.15) is 31.7 Å². The van der Waals surface area contributed by atoms with Crippen LogP contribution in [0.15, 0.2) is 42.0 Å². The molecule has 1 fully saturated rings. The molecule has 4 nitrogen and oxygen atoms in total. The van der Waals surface area contributed by atoms with Crippen molar-refractivity contribution in [3.63, 3.8) is 0 Å². The van der Waals surface area contributed by atoms with Gasteiger partial charge < -0.3 is 9.84 Å². The fourth-order valence-electron chi connectivity index (χ4n) is 2.88. The molecule has 0 aromatic heterocycles. The average Bonchev–Trinajstić information content (AvgIpc) is 2.84. The van der Waals surface area contributed by atoms with Crippen molar-refractivity contribution in [1.29, 1.82) is 0 Å². The Balaban J connectivity index is 2.15. The zero-order chi connectivity index (χ0) is 15.3. The van der Waals surface area contributed by atoms with E-state index in [1.165, 1.54) is 6.08 Å². The molecule has 0 heterocycles. The number of carboxylic acids is 1. The Morgan fingerprint density at radius 2 is 2.05 bits per heavy atom. The number of rotatable bonds is 5. The van der Waals surface area contributed by atoms with Crippen molar-refractivity contribution in [2.45, 2.75) is 32.6 Å². The second-order valence-corrected chi connectivity index (χ2v) is 5.48. The largest absolute Gasteiger partial charge is 0.481 e. The molecule has 21 heavy (non-hydrogen) atoms. The van der Waals surface area contributed by atoms with E-state index in [0.717, 1.165) is 11.1 Å². The van der Waals surface area contributed by atoms with Crippen molar-refractivity contribution >= 4 is 11.9 Å². The van der Waals surface area contributed by atoms with Gasteiger partial charge in [0.25, 0.3) is 0 Å². The SMILES string of the molecule is CCOC(=O)C=C1CCC(Cc2ccccc2)(C(=O)O)C1. The van der Waals surface area contributed by atoms with Gasteiger partial charge in [0.2, 0.25) is 0 Å². The van der Waals surface area contributed by atoms with Crippen LogP contribution in [0.25, 0.3) is 0 Å². The molecular formula is C17H20O4. The fourth-order valence-corrected chi connectivity index (χ4v) is 2.88. The normalized spacial score (nSPS) is 23.2. The van der Waals surface area contributed by atoms with Crippen LogP contribution in [0.3, 0.4) is 0 Å². The highest BCUT2D eigenvalue weighted by atomic mass is 16.5. The smallest absolute Gasteiger partial charge is 0.330 e. The second-order valence-electron chi connectivity index (χ2n) is 5.48. The first-order valence-electron chi connectivity index (χ1n) is 7.19. The van der Waals surface area contributed by atoms with Crippen molar-refractivity contribution in [3.8, 4) is 0 Å². The molecule has 0 amide bonds. The summed E-state index contributed by atoms with van der Waals surface area (Å²) in [5, 5.41) is 9.64. The Morgan fingerprint density at radius 1 is 1.33 bits per heavy atom. The van der Waals surface area contributed by atoms with Gasteiger partial charge >= 0.3 is 11.9 Å². The zero-order valence-electron chi connectivity index (χ0n) is 12.2. The summed E-state index contributed by atoms with van der Waals surface area (Å²) >= 11 is 0. The van der Waals surface area contributed by atoms with Gasteiger partial charge in [-0.25, -0.2) is 4.79 Å². The minimum absolute atomic E-state index is 0.330. The molecule has 1 unspecified atom stereocenters. The minimum Gasteiger partial charge on any atom is -0.481 e. The number of hydrogen-bond donors (Lipinski definition) is 1. The predicted octanol–water partition coefficient (Wildman–Crippen LogP) is 2.97. The van der Waals surface area contributed by atoms with Crippen molar-refractivity contribution in [1.82, 2.24) is 0 Å². The van der Waals surface area contributed by atoms with E-state index in [9.17, 15) is 14.7 Å². The third kappa shape index (κ3) is 3.72. The van der Waals surface area contributed by atoms with E-state index in [1.807, 2.05) is 30.3 Å². The first kappa shape index (κ1) is 15.3. The Kier molecular flexibility index (Phi) is 4.78. The van der Waals surface area contributed by atoms with Crippen molar-refractivity contribution in [2.75, 3.05) is 6.61 Å². The number of ether oxygens (including phenoxy) is 1. The van der Waals surface area contributed by atoms with Crippen LogP contribution >= 0.6 is 0 Å². The average molecular weight is 288 g/mol.